The highest BCUT2D eigenvalue weighted by atomic mass is 32.2. The van der Waals surface area contributed by atoms with E-state index >= 15 is 0 Å². The van der Waals surface area contributed by atoms with Gasteiger partial charge in [-0.2, -0.15) is 0 Å². The fourth-order valence-corrected chi connectivity index (χ4v) is 5.84. The quantitative estimate of drug-likeness (QED) is 0.461. The zero-order valence-electron chi connectivity index (χ0n) is 16.0. The van der Waals surface area contributed by atoms with Crippen molar-refractivity contribution in [3.63, 3.8) is 0 Å². The highest BCUT2D eigenvalue weighted by Gasteiger charge is 2.53. The van der Waals surface area contributed by atoms with Crippen LogP contribution in [-0.2, 0) is 15.4 Å². The van der Waals surface area contributed by atoms with Crippen LogP contribution >= 0.6 is 11.3 Å². The van der Waals surface area contributed by atoms with E-state index in [0.29, 0.717) is 4.21 Å². The van der Waals surface area contributed by atoms with Gasteiger partial charge >= 0.3 is 6.16 Å². The smallest absolute Gasteiger partial charge is 0.503 e. The molecule has 0 radical (unpaired) electrons. The lowest BCUT2D eigenvalue weighted by molar-refractivity contribution is 0.137. The van der Waals surface area contributed by atoms with Crippen LogP contribution in [0.2, 0.25) is 0 Å². The molecule has 2 atom stereocenters. The zero-order chi connectivity index (χ0) is 21.9. The number of sulfonamides is 1. The summed E-state index contributed by atoms with van der Waals surface area (Å²) in [4.78, 5) is 9.41. The minimum atomic E-state index is -3.55. The summed E-state index contributed by atoms with van der Waals surface area (Å²) < 4.78 is 28.7. The first-order valence-corrected chi connectivity index (χ1v) is 11.3. The summed E-state index contributed by atoms with van der Waals surface area (Å²) in [7, 11) is -3.55. The van der Waals surface area contributed by atoms with Gasteiger partial charge in [-0.3, -0.25) is 0 Å². The van der Waals surface area contributed by atoms with E-state index in [1.165, 1.54) is 11.3 Å². The molecule has 2 aromatic carbocycles. The molecular weight excluding hydrogens is 426 g/mol. The highest BCUT2D eigenvalue weighted by molar-refractivity contribution is 7.91. The van der Waals surface area contributed by atoms with Gasteiger partial charge in [0, 0.05) is 16.3 Å². The minimum Gasteiger partial charge on any atom is -0.508 e. The number of thiophene rings is 1. The number of rotatable bonds is 5. The second-order valence-corrected chi connectivity index (χ2v) is 10.1. The molecule has 0 aliphatic heterocycles. The molecule has 0 amide bonds. The SMILES string of the molecule is C[C@]1(c2ccccc2)C[C@@H]1NS(=O)(=O)c1ccc(-c2ccc(O)cc2)s1.O=C(O)O. The zero-order valence-corrected chi connectivity index (χ0v) is 17.7. The van der Waals surface area contributed by atoms with E-state index < -0.39 is 16.2 Å². The number of phenolic OH excluding ortho intramolecular Hbond substituents is 1. The normalized spacial score (nSPS) is 20.1. The summed E-state index contributed by atoms with van der Waals surface area (Å²) in [6, 6.07) is 20.1. The van der Waals surface area contributed by atoms with Crippen LogP contribution < -0.4 is 4.72 Å². The van der Waals surface area contributed by atoms with Crippen molar-refractivity contribution >= 4 is 27.5 Å². The van der Waals surface area contributed by atoms with Crippen LogP contribution in [0.4, 0.5) is 4.79 Å². The van der Waals surface area contributed by atoms with Crippen molar-refractivity contribution < 1.29 is 28.5 Å². The molecule has 1 aromatic heterocycles. The van der Waals surface area contributed by atoms with Crippen LogP contribution in [-0.4, -0.2) is 35.9 Å². The first-order valence-electron chi connectivity index (χ1n) is 9.01. The molecule has 3 aromatic rings. The van der Waals surface area contributed by atoms with Crippen LogP contribution in [0, 0.1) is 0 Å². The molecule has 158 valence electrons. The average Bonchev–Trinajstić information content (AvgIpc) is 3.11. The molecule has 0 saturated heterocycles. The van der Waals surface area contributed by atoms with Gasteiger partial charge in [-0.15, -0.1) is 11.3 Å². The number of hydrogen-bond acceptors (Lipinski definition) is 5. The lowest BCUT2D eigenvalue weighted by atomic mass is 9.98. The van der Waals surface area contributed by atoms with Crippen LogP contribution in [0.25, 0.3) is 10.4 Å². The second-order valence-electron chi connectivity index (χ2n) is 7.11. The molecule has 0 bridgehead atoms. The first kappa shape index (κ1) is 21.8. The van der Waals surface area contributed by atoms with Crippen molar-refractivity contribution in [1.29, 1.82) is 0 Å². The standard InChI is InChI=1S/C20H19NO3S2.CH2O3/c1-20(15-5-3-2-4-6-15)13-18(20)21-26(23,24)19-12-11-17(25-19)14-7-9-16(22)10-8-14;2-1(3)4/h2-12,18,21-22H,13H2,1H3;(H2,2,3,4)/t18-,20+;/m0./s1. The minimum absolute atomic E-state index is 0.0888. The summed E-state index contributed by atoms with van der Waals surface area (Å²) in [6.07, 6.45) is -1.04. The Balaban J connectivity index is 0.000000589. The van der Waals surface area contributed by atoms with Crippen molar-refractivity contribution in [2.45, 2.75) is 29.0 Å². The Labute approximate surface area is 178 Å². The molecular formula is C21H21NO6S2. The summed E-state index contributed by atoms with van der Waals surface area (Å²) >= 11 is 1.23. The largest absolute Gasteiger partial charge is 0.508 e. The Bertz CT molecular complexity index is 1120. The van der Waals surface area contributed by atoms with Gasteiger partial charge in [-0.1, -0.05) is 37.3 Å². The van der Waals surface area contributed by atoms with Gasteiger partial charge in [0.25, 0.3) is 0 Å². The number of carbonyl (C=O) groups is 1. The third kappa shape index (κ3) is 4.99. The second kappa shape index (κ2) is 8.47. The summed E-state index contributed by atoms with van der Waals surface area (Å²) in [5.41, 5.74) is 1.89. The van der Waals surface area contributed by atoms with Gasteiger partial charge in [0.1, 0.15) is 9.96 Å². The third-order valence-electron chi connectivity index (χ3n) is 4.97. The molecule has 1 aliphatic carbocycles. The lowest BCUT2D eigenvalue weighted by Gasteiger charge is -2.12. The lowest BCUT2D eigenvalue weighted by Crippen LogP contribution is -2.29. The van der Waals surface area contributed by atoms with E-state index in [2.05, 4.69) is 11.6 Å². The van der Waals surface area contributed by atoms with Crippen molar-refractivity contribution in [1.82, 2.24) is 4.72 Å². The molecule has 4 N–H and O–H groups in total. The predicted molar refractivity (Wildman–Crippen MR) is 115 cm³/mol. The number of hydrogen-bond donors (Lipinski definition) is 4. The Morgan fingerprint density at radius 1 is 1.03 bits per heavy atom. The van der Waals surface area contributed by atoms with Crippen LogP contribution in [0.15, 0.2) is 70.9 Å². The number of carboxylic acid groups (broad SMARTS) is 2. The van der Waals surface area contributed by atoms with Crippen LogP contribution in [0.1, 0.15) is 18.9 Å². The van der Waals surface area contributed by atoms with Gasteiger partial charge < -0.3 is 15.3 Å². The Hall–Kier alpha value is -2.88. The molecule has 9 heteroatoms. The topological polar surface area (TPSA) is 124 Å². The van der Waals surface area contributed by atoms with Crippen molar-refractivity contribution in [2.24, 2.45) is 0 Å². The number of benzene rings is 2. The fraction of sp³-hybridized carbons (Fsp3) is 0.190. The Morgan fingerprint density at radius 3 is 2.23 bits per heavy atom. The van der Waals surface area contributed by atoms with E-state index in [4.69, 9.17) is 15.0 Å². The predicted octanol–water partition coefficient (Wildman–Crippen LogP) is 4.35. The van der Waals surface area contributed by atoms with Crippen molar-refractivity contribution in [2.75, 3.05) is 0 Å². The summed E-state index contributed by atoms with van der Waals surface area (Å²) in [6.45, 7) is 2.09. The van der Waals surface area contributed by atoms with Crippen LogP contribution in [0.3, 0.4) is 0 Å². The maximum atomic E-state index is 12.8. The van der Waals surface area contributed by atoms with Gasteiger partial charge in [-0.05, 0) is 53.9 Å². The number of aromatic hydroxyl groups is 1. The highest BCUT2D eigenvalue weighted by Crippen LogP contribution is 2.48. The molecule has 1 saturated carbocycles. The van der Waals surface area contributed by atoms with Crippen molar-refractivity contribution in [3.8, 4) is 16.2 Å². The molecule has 1 fully saturated rings. The van der Waals surface area contributed by atoms with Gasteiger partial charge in [0.05, 0.1) is 0 Å². The number of nitrogens with one attached hydrogen (secondary N) is 1. The molecule has 0 unspecified atom stereocenters. The molecule has 1 heterocycles. The van der Waals surface area contributed by atoms with E-state index in [0.717, 1.165) is 22.4 Å². The summed E-state index contributed by atoms with van der Waals surface area (Å²) in [5.74, 6) is 0.189. The van der Waals surface area contributed by atoms with Crippen molar-refractivity contribution in [3.05, 3.63) is 72.3 Å². The molecule has 0 spiro atoms. The first-order chi connectivity index (χ1) is 14.1. The monoisotopic (exact) mass is 447 g/mol. The Morgan fingerprint density at radius 2 is 1.63 bits per heavy atom. The average molecular weight is 448 g/mol. The van der Waals surface area contributed by atoms with E-state index in [9.17, 15) is 13.5 Å². The molecule has 4 rings (SSSR count). The maximum absolute atomic E-state index is 12.8. The van der Waals surface area contributed by atoms with Crippen LogP contribution in [0.5, 0.6) is 5.75 Å². The molecule has 30 heavy (non-hydrogen) atoms. The molecule has 7 nitrogen and oxygen atoms in total. The van der Waals surface area contributed by atoms with Gasteiger partial charge in [0.15, 0.2) is 0 Å². The molecule has 1 aliphatic rings. The van der Waals surface area contributed by atoms with Gasteiger partial charge in [0.2, 0.25) is 10.0 Å². The van der Waals surface area contributed by atoms with Gasteiger partial charge in [-0.25, -0.2) is 17.9 Å². The third-order valence-corrected chi connectivity index (χ3v) is 8.06. The maximum Gasteiger partial charge on any atom is 0.503 e. The Kier molecular flexibility index (Phi) is 6.16. The fourth-order valence-electron chi connectivity index (χ4n) is 3.17. The van der Waals surface area contributed by atoms with E-state index in [1.807, 2.05) is 30.3 Å². The number of phenols is 1. The van der Waals surface area contributed by atoms with E-state index in [1.54, 1.807) is 36.4 Å². The van der Waals surface area contributed by atoms with E-state index in [-0.39, 0.29) is 17.2 Å². The summed E-state index contributed by atoms with van der Waals surface area (Å²) in [5, 5.41) is 23.3.